The molecular weight excluding hydrogens is 316 g/mol. The quantitative estimate of drug-likeness (QED) is 0.737. The largest absolute Gasteiger partial charge is 0.368 e. The smallest absolute Gasteiger partial charge is 0.250 e. The van der Waals surface area contributed by atoms with E-state index in [1.807, 2.05) is 20.0 Å². The van der Waals surface area contributed by atoms with Crippen LogP contribution in [0, 0.1) is 6.92 Å². The fraction of sp³-hybridized carbons (Fsp3) is 0.200. The van der Waals surface area contributed by atoms with E-state index in [-0.39, 0.29) is 16.7 Å². The van der Waals surface area contributed by atoms with Crippen LogP contribution in [0.5, 0.6) is 0 Å². The van der Waals surface area contributed by atoms with Gasteiger partial charge in [-0.2, -0.15) is 5.10 Å². The van der Waals surface area contributed by atoms with Crippen molar-refractivity contribution < 1.29 is 0 Å². The van der Waals surface area contributed by atoms with Crippen molar-refractivity contribution in [2.45, 2.75) is 13.5 Å². The molecule has 0 aliphatic carbocycles. The van der Waals surface area contributed by atoms with Crippen molar-refractivity contribution in [3.05, 3.63) is 57.2 Å². The molecule has 0 saturated carbocycles. The lowest BCUT2D eigenvalue weighted by Gasteiger charge is -2.07. The first-order chi connectivity index (χ1) is 11.0. The summed E-state index contributed by atoms with van der Waals surface area (Å²) in [7, 11) is 1.84. The van der Waals surface area contributed by atoms with Crippen LogP contribution in [0.15, 0.2) is 35.3 Å². The SMILES string of the molecule is Cc1c(Cn2ccccc2=O)c(-c2cc(Cl)nc(N)n2)nn1C. The van der Waals surface area contributed by atoms with Gasteiger partial charge in [0.15, 0.2) is 0 Å². The van der Waals surface area contributed by atoms with E-state index in [1.165, 1.54) is 6.07 Å². The maximum absolute atomic E-state index is 12.0. The number of anilines is 1. The number of halogens is 1. The number of hydrogen-bond acceptors (Lipinski definition) is 5. The van der Waals surface area contributed by atoms with Crippen LogP contribution < -0.4 is 11.3 Å². The van der Waals surface area contributed by atoms with Crippen LogP contribution in [-0.2, 0) is 13.6 Å². The van der Waals surface area contributed by atoms with E-state index in [1.54, 1.807) is 27.6 Å². The van der Waals surface area contributed by atoms with Gasteiger partial charge in [0.2, 0.25) is 5.95 Å². The molecule has 0 radical (unpaired) electrons. The first-order valence-corrected chi connectivity index (χ1v) is 7.32. The van der Waals surface area contributed by atoms with E-state index >= 15 is 0 Å². The third-order valence-corrected chi connectivity index (χ3v) is 3.83. The summed E-state index contributed by atoms with van der Waals surface area (Å²) < 4.78 is 3.35. The minimum Gasteiger partial charge on any atom is -0.368 e. The second-order valence-corrected chi connectivity index (χ2v) is 5.52. The summed E-state index contributed by atoms with van der Waals surface area (Å²) >= 11 is 5.96. The van der Waals surface area contributed by atoms with Crippen LogP contribution in [0.1, 0.15) is 11.3 Å². The molecule has 3 rings (SSSR count). The monoisotopic (exact) mass is 330 g/mol. The third kappa shape index (κ3) is 2.95. The lowest BCUT2D eigenvalue weighted by molar-refractivity contribution is 0.724. The number of aromatic nitrogens is 5. The van der Waals surface area contributed by atoms with Crippen LogP contribution >= 0.6 is 11.6 Å². The Kier molecular flexibility index (Phi) is 3.87. The zero-order valence-corrected chi connectivity index (χ0v) is 13.4. The molecule has 3 aromatic heterocycles. The van der Waals surface area contributed by atoms with Gasteiger partial charge in [-0.15, -0.1) is 0 Å². The molecule has 0 spiro atoms. The van der Waals surface area contributed by atoms with Crippen molar-refractivity contribution in [1.29, 1.82) is 0 Å². The first-order valence-electron chi connectivity index (χ1n) is 6.94. The normalized spacial score (nSPS) is 10.9. The van der Waals surface area contributed by atoms with Crippen molar-refractivity contribution in [1.82, 2.24) is 24.3 Å². The average molecular weight is 331 g/mol. The molecule has 0 bridgehead atoms. The number of rotatable bonds is 3. The van der Waals surface area contributed by atoms with Crippen molar-refractivity contribution in [2.75, 3.05) is 5.73 Å². The number of nitrogen functional groups attached to an aromatic ring is 1. The summed E-state index contributed by atoms with van der Waals surface area (Å²) in [5, 5.41) is 4.73. The Balaban J connectivity index is 2.14. The fourth-order valence-corrected chi connectivity index (χ4v) is 2.56. The topological polar surface area (TPSA) is 91.6 Å². The summed E-state index contributed by atoms with van der Waals surface area (Å²) in [6.07, 6.45) is 1.74. The molecular formula is C15H15ClN6O. The predicted molar refractivity (Wildman–Crippen MR) is 88.2 cm³/mol. The van der Waals surface area contributed by atoms with Gasteiger partial charge in [0.1, 0.15) is 10.8 Å². The molecule has 23 heavy (non-hydrogen) atoms. The van der Waals surface area contributed by atoms with Crippen LogP contribution in [0.25, 0.3) is 11.4 Å². The molecule has 118 valence electrons. The average Bonchev–Trinajstić information content (AvgIpc) is 2.77. The van der Waals surface area contributed by atoms with Crippen LogP contribution in [0.4, 0.5) is 5.95 Å². The summed E-state index contributed by atoms with van der Waals surface area (Å²) in [5.74, 6) is 0.0821. The van der Waals surface area contributed by atoms with E-state index in [4.69, 9.17) is 17.3 Å². The van der Waals surface area contributed by atoms with Gasteiger partial charge in [0.05, 0.1) is 12.2 Å². The molecule has 3 heterocycles. The number of aryl methyl sites for hydroxylation is 1. The lowest BCUT2D eigenvalue weighted by atomic mass is 10.1. The molecule has 2 N–H and O–H groups in total. The number of pyridine rings is 1. The molecule has 0 aromatic carbocycles. The molecule has 0 unspecified atom stereocenters. The number of nitrogens with zero attached hydrogens (tertiary/aromatic N) is 5. The second kappa shape index (κ2) is 5.85. The van der Waals surface area contributed by atoms with Gasteiger partial charge in [-0.1, -0.05) is 17.7 Å². The van der Waals surface area contributed by atoms with Gasteiger partial charge in [0, 0.05) is 36.6 Å². The number of hydrogen-bond donors (Lipinski definition) is 1. The van der Waals surface area contributed by atoms with E-state index < -0.39 is 0 Å². The molecule has 0 saturated heterocycles. The third-order valence-electron chi connectivity index (χ3n) is 3.64. The highest BCUT2D eigenvalue weighted by Crippen LogP contribution is 2.26. The minimum absolute atomic E-state index is 0.0815. The highest BCUT2D eigenvalue weighted by molar-refractivity contribution is 6.29. The van der Waals surface area contributed by atoms with Crippen molar-refractivity contribution in [2.24, 2.45) is 7.05 Å². The number of nitrogens with two attached hydrogens (primary N) is 1. The van der Waals surface area contributed by atoms with E-state index in [0.717, 1.165) is 11.3 Å². The summed E-state index contributed by atoms with van der Waals surface area (Å²) in [4.78, 5) is 20.0. The maximum atomic E-state index is 12.0. The first kappa shape index (κ1) is 15.2. The molecule has 0 aliphatic heterocycles. The van der Waals surface area contributed by atoms with Crippen LogP contribution in [-0.4, -0.2) is 24.3 Å². The van der Waals surface area contributed by atoms with Gasteiger partial charge in [-0.25, -0.2) is 9.97 Å². The van der Waals surface area contributed by atoms with Gasteiger partial charge in [0.25, 0.3) is 5.56 Å². The van der Waals surface area contributed by atoms with Gasteiger partial charge in [-0.05, 0) is 13.0 Å². The zero-order chi connectivity index (χ0) is 16.6. The van der Waals surface area contributed by atoms with E-state index in [9.17, 15) is 4.79 Å². The van der Waals surface area contributed by atoms with Crippen molar-refractivity contribution >= 4 is 17.5 Å². The van der Waals surface area contributed by atoms with Gasteiger partial charge < -0.3 is 10.3 Å². The summed E-state index contributed by atoms with van der Waals surface area (Å²) in [6.45, 7) is 2.32. The molecule has 0 fully saturated rings. The molecule has 3 aromatic rings. The molecule has 0 amide bonds. The Bertz CT molecular complexity index is 910. The highest BCUT2D eigenvalue weighted by Gasteiger charge is 2.17. The van der Waals surface area contributed by atoms with E-state index in [0.29, 0.717) is 17.9 Å². The molecule has 0 atom stereocenters. The second-order valence-electron chi connectivity index (χ2n) is 5.14. The van der Waals surface area contributed by atoms with Crippen LogP contribution in [0.3, 0.4) is 0 Å². The van der Waals surface area contributed by atoms with Crippen molar-refractivity contribution in [3.8, 4) is 11.4 Å². The Hall–Kier alpha value is -2.67. The Morgan fingerprint density at radius 2 is 2.09 bits per heavy atom. The predicted octanol–water partition coefficient (Wildman–Crippen LogP) is 1.63. The Morgan fingerprint density at radius 3 is 2.78 bits per heavy atom. The molecule has 0 aliphatic rings. The van der Waals surface area contributed by atoms with Gasteiger partial charge >= 0.3 is 0 Å². The van der Waals surface area contributed by atoms with E-state index in [2.05, 4.69) is 15.1 Å². The van der Waals surface area contributed by atoms with Gasteiger partial charge in [-0.3, -0.25) is 9.48 Å². The Morgan fingerprint density at radius 1 is 1.30 bits per heavy atom. The summed E-state index contributed by atoms with van der Waals surface area (Å²) in [6, 6.07) is 6.65. The summed E-state index contributed by atoms with van der Waals surface area (Å²) in [5.41, 5.74) is 8.58. The molecule has 7 nitrogen and oxygen atoms in total. The zero-order valence-electron chi connectivity index (χ0n) is 12.7. The lowest BCUT2D eigenvalue weighted by Crippen LogP contribution is -2.19. The van der Waals surface area contributed by atoms with Crippen molar-refractivity contribution in [3.63, 3.8) is 0 Å². The van der Waals surface area contributed by atoms with Crippen LogP contribution in [0.2, 0.25) is 5.15 Å². The standard InChI is InChI=1S/C15H15ClN6O/c1-9-10(8-22-6-4-3-5-13(22)23)14(20-21(9)2)11-7-12(16)19-15(17)18-11/h3-7H,8H2,1-2H3,(H2,17,18,19). The Labute approximate surface area is 137 Å². The fourth-order valence-electron chi connectivity index (χ4n) is 2.37. The molecule has 8 heteroatoms. The maximum Gasteiger partial charge on any atom is 0.250 e. The highest BCUT2D eigenvalue weighted by atomic mass is 35.5. The minimum atomic E-state index is -0.0815.